The monoisotopic (exact) mass is 300 g/mol. The second kappa shape index (κ2) is 6.19. The Balaban J connectivity index is 2.09. The summed E-state index contributed by atoms with van der Waals surface area (Å²) < 4.78 is 12.9. The van der Waals surface area contributed by atoms with Gasteiger partial charge in [-0.05, 0) is 30.5 Å². The predicted molar refractivity (Wildman–Crippen MR) is 69.8 cm³/mol. The molecule has 0 bridgehead atoms. The molecule has 0 spiro atoms. The van der Waals surface area contributed by atoms with E-state index in [1.54, 1.807) is 5.48 Å². The van der Waals surface area contributed by atoms with Crippen molar-refractivity contribution in [3.8, 4) is 0 Å². The highest BCUT2D eigenvalue weighted by molar-refractivity contribution is 6.31. The van der Waals surface area contributed by atoms with Gasteiger partial charge in [0.15, 0.2) is 0 Å². The fraction of sp³-hybridized carbons (Fsp3) is 0.385. The first kappa shape index (κ1) is 14.7. The molecule has 5 nitrogen and oxygen atoms in total. The fourth-order valence-corrected chi connectivity index (χ4v) is 2.58. The van der Waals surface area contributed by atoms with Crippen LogP contribution in [0.1, 0.15) is 18.4 Å². The number of hydrogen-bond acceptors (Lipinski definition) is 3. The van der Waals surface area contributed by atoms with Crippen LogP contribution in [0.15, 0.2) is 18.2 Å². The predicted octanol–water partition coefficient (Wildman–Crippen LogP) is 1.52. The van der Waals surface area contributed by atoms with Crippen LogP contribution < -0.4 is 5.48 Å². The SMILES string of the molecule is O=C(NO)C1CCCN1C(=O)Cc1ccc(F)cc1Cl. The largest absolute Gasteiger partial charge is 0.330 e. The quantitative estimate of drug-likeness (QED) is 0.657. The molecular weight excluding hydrogens is 287 g/mol. The summed E-state index contributed by atoms with van der Waals surface area (Å²) in [5.41, 5.74) is 2.07. The summed E-state index contributed by atoms with van der Waals surface area (Å²) in [6.07, 6.45) is 1.20. The van der Waals surface area contributed by atoms with E-state index in [1.165, 1.54) is 17.0 Å². The van der Waals surface area contributed by atoms with Crippen LogP contribution >= 0.6 is 11.6 Å². The Morgan fingerprint density at radius 3 is 2.90 bits per heavy atom. The minimum Gasteiger partial charge on any atom is -0.330 e. The number of halogens is 2. The summed E-state index contributed by atoms with van der Waals surface area (Å²) in [6, 6.07) is 3.17. The fourth-order valence-electron chi connectivity index (χ4n) is 2.34. The Labute approximate surface area is 120 Å². The molecule has 2 rings (SSSR count). The maximum absolute atomic E-state index is 12.9. The van der Waals surface area contributed by atoms with Gasteiger partial charge >= 0.3 is 0 Å². The Morgan fingerprint density at radius 2 is 2.25 bits per heavy atom. The Bertz CT molecular complexity index is 538. The van der Waals surface area contributed by atoms with Crippen LogP contribution in [0.2, 0.25) is 5.02 Å². The molecule has 1 aromatic rings. The molecule has 0 saturated carbocycles. The average molecular weight is 301 g/mol. The smallest absolute Gasteiger partial charge is 0.266 e. The van der Waals surface area contributed by atoms with Crippen LogP contribution in [-0.4, -0.2) is 34.5 Å². The van der Waals surface area contributed by atoms with E-state index in [1.807, 2.05) is 0 Å². The molecule has 2 amide bonds. The number of nitrogens with zero attached hydrogens (tertiary/aromatic N) is 1. The Hall–Kier alpha value is -1.66. The maximum Gasteiger partial charge on any atom is 0.266 e. The van der Waals surface area contributed by atoms with E-state index in [2.05, 4.69) is 0 Å². The van der Waals surface area contributed by atoms with Crippen molar-refractivity contribution in [1.29, 1.82) is 0 Å². The summed E-state index contributed by atoms with van der Waals surface area (Å²) >= 11 is 5.88. The van der Waals surface area contributed by atoms with Gasteiger partial charge in [0.1, 0.15) is 11.9 Å². The molecule has 1 aliphatic heterocycles. The highest BCUT2D eigenvalue weighted by Gasteiger charge is 2.33. The zero-order valence-corrected chi connectivity index (χ0v) is 11.4. The van der Waals surface area contributed by atoms with E-state index in [9.17, 15) is 14.0 Å². The van der Waals surface area contributed by atoms with Crippen LogP contribution in [-0.2, 0) is 16.0 Å². The molecule has 1 heterocycles. The van der Waals surface area contributed by atoms with Gasteiger partial charge in [-0.3, -0.25) is 14.8 Å². The minimum atomic E-state index is -0.660. The Morgan fingerprint density at radius 1 is 1.50 bits per heavy atom. The zero-order chi connectivity index (χ0) is 14.7. The number of amides is 2. The van der Waals surface area contributed by atoms with E-state index >= 15 is 0 Å². The van der Waals surface area contributed by atoms with Crippen molar-refractivity contribution < 1.29 is 19.2 Å². The molecule has 0 aliphatic carbocycles. The molecule has 2 N–H and O–H groups in total. The molecule has 0 radical (unpaired) electrons. The molecule has 1 aliphatic rings. The number of nitrogens with one attached hydrogen (secondary N) is 1. The van der Waals surface area contributed by atoms with Crippen molar-refractivity contribution in [2.24, 2.45) is 0 Å². The van der Waals surface area contributed by atoms with Crippen molar-refractivity contribution in [1.82, 2.24) is 10.4 Å². The van der Waals surface area contributed by atoms with Crippen molar-refractivity contribution in [2.75, 3.05) is 6.54 Å². The Kier molecular flexibility index (Phi) is 4.57. The van der Waals surface area contributed by atoms with Crippen LogP contribution in [0, 0.1) is 5.82 Å². The zero-order valence-electron chi connectivity index (χ0n) is 10.6. The van der Waals surface area contributed by atoms with Gasteiger partial charge in [0.05, 0.1) is 6.42 Å². The molecule has 20 heavy (non-hydrogen) atoms. The second-order valence-corrected chi connectivity index (χ2v) is 5.04. The molecule has 1 saturated heterocycles. The lowest BCUT2D eigenvalue weighted by Gasteiger charge is -2.23. The second-order valence-electron chi connectivity index (χ2n) is 4.63. The highest BCUT2D eigenvalue weighted by atomic mass is 35.5. The molecular formula is C13H14ClFN2O3. The van der Waals surface area contributed by atoms with Crippen molar-refractivity contribution in [3.05, 3.63) is 34.6 Å². The molecule has 1 fully saturated rings. The van der Waals surface area contributed by atoms with Gasteiger partial charge in [-0.25, -0.2) is 9.87 Å². The minimum absolute atomic E-state index is 0.00563. The van der Waals surface area contributed by atoms with Gasteiger partial charge in [-0.15, -0.1) is 0 Å². The van der Waals surface area contributed by atoms with E-state index in [-0.39, 0.29) is 17.4 Å². The van der Waals surface area contributed by atoms with Crippen LogP contribution in [0.5, 0.6) is 0 Å². The first-order chi connectivity index (χ1) is 9.52. The van der Waals surface area contributed by atoms with E-state index in [0.29, 0.717) is 24.9 Å². The lowest BCUT2D eigenvalue weighted by Crippen LogP contribution is -2.45. The number of benzene rings is 1. The number of hydrogen-bond donors (Lipinski definition) is 2. The van der Waals surface area contributed by atoms with Crippen LogP contribution in [0.3, 0.4) is 0 Å². The number of rotatable bonds is 3. The third-order valence-corrected chi connectivity index (χ3v) is 3.69. The molecule has 7 heteroatoms. The highest BCUT2D eigenvalue weighted by Crippen LogP contribution is 2.22. The third-order valence-electron chi connectivity index (χ3n) is 3.34. The molecule has 0 aromatic heterocycles. The lowest BCUT2D eigenvalue weighted by molar-refractivity contribution is -0.142. The van der Waals surface area contributed by atoms with E-state index < -0.39 is 17.8 Å². The summed E-state index contributed by atoms with van der Waals surface area (Å²) in [7, 11) is 0. The topological polar surface area (TPSA) is 69.6 Å². The average Bonchev–Trinajstić information content (AvgIpc) is 2.90. The van der Waals surface area contributed by atoms with Crippen molar-refractivity contribution >= 4 is 23.4 Å². The summed E-state index contributed by atoms with van der Waals surface area (Å²) in [5, 5.41) is 8.84. The first-order valence-corrected chi connectivity index (χ1v) is 6.58. The number of hydroxylamine groups is 1. The third kappa shape index (κ3) is 3.08. The van der Waals surface area contributed by atoms with Crippen molar-refractivity contribution in [3.63, 3.8) is 0 Å². The number of carbonyl (C=O) groups is 2. The molecule has 1 aromatic carbocycles. The normalized spacial score (nSPS) is 18.1. The molecule has 1 atom stereocenters. The van der Waals surface area contributed by atoms with E-state index in [4.69, 9.17) is 16.8 Å². The van der Waals surface area contributed by atoms with Crippen LogP contribution in [0.4, 0.5) is 4.39 Å². The standard InChI is InChI=1S/C13H14ClFN2O3/c14-10-7-9(15)4-3-8(10)6-12(18)17-5-1-2-11(17)13(19)16-20/h3-4,7,11,20H,1-2,5-6H2,(H,16,19). The van der Waals surface area contributed by atoms with Gasteiger partial charge in [-0.1, -0.05) is 17.7 Å². The number of carbonyl (C=O) groups excluding carboxylic acids is 2. The number of likely N-dealkylation sites (tertiary alicyclic amines) is 1. The van der Waals surface area contributed by atoms with Gasteiger partial charge in [0.2, 0.25) is 5.91 Å². The van der Waals surface area contributed by atoms with Gasteiger partial charge in [0, 0.05) is 11.6 Å². The van der Waals surface area contributed by atoms with Gasteiger partial charge in [0.25, 0.3) is 5.91 Å². The molecule has 108 valence electrons. The summed E-state index contributed by atoms with van der Waals surface area (Å²) in [4.78, 5) is 25.1. The summed E-state index contributed by atoms with van der Waals surface area (Å²) in [5.74, 6) is -1.34. The lowest BCUT2D eigenvalue weighted by atomic mass is 10.1. The molecule has 1 unspecified atom stereocenters. The first-order valence-electron chi connectivity index (χ1n) is 6.20. The van der Waals surface area contributed by atoms with Gasteiger partial charge in [-0.2, -0.15) is 0 Å². The van der Waals surface area contributed by atoms with Gasteiger partial charge < -0.3 is 4.90 Å². The maximum atomic E-state index is 12.9. The summed E-state index contributed by atoms with van der Waals surface area (Å²) in [6.45, 7) is 0.454. The van der Waals surface area contributed by atoms with Crippen LogP contribution in [0.25, 0.3) is 0 Å². The van der Waals surface area contributed by atoms with E-state index in [0.717, 1.165) is 6.07 Å². The van der Waals surface area contributed by atoms with Crippen molar-refractivity contribution in [2.45, 2.75) is 25.3 Å².